The Kier molecular flexibility index (Phi) is 12.4. The number of allylic oxidation sites excluding steroid dienone is 8. The van der Waals surface area contributed by atoms with Gasteiger partial charge in [0.1, 0.15) is 0 Å². The van der Waals surface area contributed by atoms with Crippen LogP contribution in [0, 0.1) is 23.2 Å². The summed E-state index contributed by atoms with van der Waals surface area (Å²) in [6, 6.07) is 30.0. The van der Waals surface area contributed by atoms with Crippen LogP contribution in [0.25, 0.3) is 8.85 Å². The van der Waals surface area contributed by atoms with E-state index in [-0.39, 0.29) is 30.2 Å². The minimum atomic E-state index is -1.34. The maximum absolute atomic E-state index is 2.58. The first-order chi connectivity index (χ1) is 21.7. The van der Waals surface area contributed by atoms with Gasteiger partial charge in [-0.15, -0.1) is 0 Å². The number of hydrogen-bond donors (Lipinski definition) is 0. The standard InChI is InChI=1S/C31H39.C13H10.2ClH.Zr/c1-9-22-15-16-25-24(17-22)18-26-28(25)27(19(3)4)29(20(5)6)31(10-2,21(7)8)30(26)23-13-11-12-14-23;1-3-7-12(8-4-1)11-13-9-5-2-6-10-13;;;/h11-13,15-17,19-21H,9-10,14H2,1-8H3;1-10H;2*1H;/q;;;;+2/p-2. The van der Waals surface area contributed by atoms with Crippen LogP contribution >= 0.6 is 0 Å². The largest absolute Gasteiger partial charge is 1.00 e. The van der Waals surface area contributed by atoms with E-state index in [9.17, 15) is 0 Å². The summed E-state index contributed by atoms with van der Waals surface area (Å²) in [7, 11) is 0. The van der Waals surface area contributed by atoms with Crippen LogP contribution in [0.3, 0.4) is 0 Å². The molecule has 3 aliphatic carbocycles. The molecule has 6 rings (SSSR count). The summed E-state index contributed by atoms with van der Waals surface area (Å²) in [5, 5.41) is 3.01. The van der Waals surface area contributed by atoms with E-state index < -0.39 is 22.8 Å². The summed E-state index contributed by atoms with van der Waals surface area (Å²) in [5.41, 5.74) is 13.9. The Labute approximate surface area is 307 Å². The molecule has 3 aliphatic rings. The molecule has 0 fully saturated rings. The van der Waals surface area contributed by atoms with Crippen LogP contribution in [0.15, 0.2) is 125 Å². The Hall–Kier alpha value is -2.31. The molecule has 3 heteroatoms. The maximum atomic E-state index is 2.58. The van der Waals surface area contributed by atoms with Crippen molar-refractivity contribution >= 4 is 12.1 Å². The summed E-state index contributed by atoms with van der Waals surface area (Å²) in [6.07, 6.45) is 10.4. The fraction of sp³-hybridized carbons (Fsp3) is 0.341. The van der Waals surface area contributed by atoms with Crippen LogP contribution in [-0.2, 0) is 29.2 Å². The third kappa shape index (κ3) is 6.43. The van der Waals surface area contributed by atoms with Crippen molar-refractivity contribution in [2.75, 3.05) is 0 Å². The Morgan fingerprint density at radius 1 is 0.745 bits per heavy atom. The molecule has 1 unspecified atom stereocenters. The Morgan fingerprint density at radius 2 is 1.36 bits per heavy atom. The van der Waals surface area contributed by atoms with Crippen LogP contribution < -0.4 is 35.3 Å². The normalized spacial score (nSPS) is 18.3. The van der Waals surface area contributed by atoms with Gasteiger partial charge in [0.2, 0.25) is 0 Å². The molecule has 0 spiro atoms. The van der Waals surface area contributed by atoms with E-state index in [0.29, 0.717) is 17.8 Å². The number of hydrogen-bond acceptors (Lipinski definition) is 0. The molecule has 0 heterocycles. The second-order valence-electron chi connectivity index (χ2n) is 13.9. The van der Waals surface area contributed by atoms with Crippen molar-refractivity contribution in [3.63, 3.8) is 0 Å². The zero-order chi connectivity index (χ0) is 31.9. The van der Waals surface area contributed by atoms with Crippen LogP contribution in [0.5, 0.6) is 0 Å². The van der Waals surface area contributed by atoms with Gasteiger partial charge in [0, 0.05) is 0 Å². The van der Waals surface area contributed by atoms with Crippen LogP contribution in [0.2, 0.25) is 0 Å². The summed E-state index contributed by atoms with van der Waals surface area (Å²) in [4.78, 5) is 0. The topological polar surface area (TPSA) is 0 Å². The van der Waals surface area contributed by atoms with E-state index in [1.54, 1.807) is 39.9 Å². The molecule has 0 amide bonds. The van der Waals surface area contributed by atoms with E-state index >= 15 is 0 Å². The van der Waals surface area contributed by atoms with Gasteiger partial charge in [0.15, 0.2) is 0 Å². The average molecular weight is 740 g/mol. The van der Waals surface area contributed by atoms with Crippen molar-refractivity contribution in [3.8, 4) is 0 Å². The number of fused-ring (bicyclic) bond motifs is 2. The summed E-state index contributed by atoms with van der Waals surface area (Å²) in [5.74, 6) is 1.42. The number of aryl methyl sites for hydroxylation is 1. The van der Waals surface area contributed by atoms with Crippen molar-refractivity contribution in [1.82, 2.24) is 0 Å². The minimum absolute atomic E-state index is 0. The Balaban J connectivity index is 0.00000250. The van der Waals surface area contributed by atoms with Gasteiger partial charge in [-0.3, -0.25) is 0 Å². The van der Waals surface area contributed by atoms with E-state index in [1.165, 1.54) is 27.1 Å². The molecule has 243 valence electrons. The third-order valence-corrected chi connectivity index (χ3v) is 14.4. The second kappa shape index (κ2) is 15.5. The summed E-state index contributed by atoms with van der Waals surface area (Å²) in [6.45, 7) is 19.6. The summed E-state index contributed by atoms with van der Waals surface area (Å²) < 4.78 is 3.26. The van der Waals surface area contributed by atoms with Gasteiger partial charge in [0.05, 0.1) is 0 Å². The first kappa shape index (κ1) is 37.5. The molecule has 0 saturated heterocycles. The van der Waals surface area contributed by atoms with E-state index in [4.69, 9.17) is 0 Å². The van der Waals surface area contributed by atoms with E-state index in [0.717, 1.165) is 19.3 Å². The van der Waals surface area contributed by atoms with Gasteiger partial charge >= 0.3 is 285 Å². The number of halogens is 2. The third-order valence-electron chi connectivity index (χ3n) is 10.4. The fourth-order valence-corrected chi connectivity index (χ4v) is 12.5. The van der Waals surface area contributed by atoms with Gasteiger partial charge < -0.3 is 24.8 Å². The molecule has 0 saturated carbocycles. The van der Waals surface area contributed by atoms with Gasteiger partial charge in [-0.05, 0) is 0 Å². The van der Waals surface area contributed by atoms with Gasteiger partial charge in [0.25, 0.3) is 0 Å². The van der Waals surface area contributed by atoms with E-state index in [1.807, 2.05) is 0 Å². The minimum Gasteiger partial charge on any atom is -1.00 e. The molecule has 0 aliphatic heterocycles. The van der Waals surface area contributed by atoms with Crippen LogP contribution in [0.4, 0.5) is 0 Å². The van der Waals surface area contributed by atoms with E-state index in [2.05, 4.69) is 152 Å². The zero-order valence-corrected chi connectivity index (χ0v) is 33.3. The first-order valence-electron chi connectivity index (χ1n) is 17.2. The Morgan fingerprint density at radius 3 is 1.83 bits per heavy atom. The van der Waals surface area contributed by atoms with Crippen molar-refractivity contribution in [3.05, 3.63) is 152 Å². The van der Waals surface area contributed by atoms with Crippen molar-refractivity contribution in [2.24, 2.45) is 23.2 Å². The molecule has 0 N–H and O–H groups in total. The van der Waals surface area contributed by atoms with Crippen molar-refractivity contribution < 1.29 is 47.6 Å². The molecule has 0 radical (unpaired) electrons. The molecular formula is C44H49Cl2Zr. The Bertz CT molecular complexity index is 1860. The predicted octanol–water partition coefficient (Wildman–Crippen LogP) is 3.74. The van der Waals surface area contributed by atoms with Gasteiger partial charge in [-0.2, -0.15) is 0 Å². The van der Waals surface area contributed by atoms with Crippen LogP contribution in [-0.4, -0.2) is 3.21 Å². The molecule has 3 aromatic rings. The smallest absolute Gasteiger partial charge is 1.00 e. The van der Waals surface area contributed by atoms with Crippen molar-refractivity contribution in [1.29, 1.82) is 0 Å². The SMILES string of the molecule is CCc1ccc2c(c1)=[C]([Zr+2]=[C](c1ccccc1)c1ccccc1)C1=C(C3=CC=CC3)C(CC)(C(C)C)C(C(C)C)=C(C(C)C)C=21.[Cl-].[Cl-]. The molecule has 47 heavy (non-hydrogen) atoms. The summed E-state index contributed by atoms with van der Waals surface area (Å²) >= 11 is -1.34. The van der Waals surface area contributed by atoms with Gasteiger partial charge in [-0.1, -0.05) is 0 Å². The van der Waals surface area contributed by atoms with Gasteiger partial charge in [-0.25, -0.2) is 0 Å². The predicted molar refractivity (Wildman–Crippen MR) is 191 cm³/mol. The molecule has 0 bridgehead atoms. The monoisotopic (exact) mass is 737 g/mol. The molecular weight excluding hydrogens is 691 g/mol. The van der Waals surface area contributed by atoms with Crippen molar-refractivity contribution in [2.45, 2.75) is 74.7 Å². The molecule has 1 atom stereocenters. The average Bonchev–Trinajstić information content (AvgIpc) is 3.69. The maximum Gasteiger partial charge on any atom is -1.00 e. The molecule has 0 aromatic heterocycles. The number of benzene rings is 3. The zero-order valence-electron chi connectivity index (χ0n) is 29.3. The second-order valence-corrected chi connectivity index (χ2v) is 17.0. The molecule has 3 aromatic carbocycles. The quantitative estimate of drug-likeness (QED) is 0.314. The fourth-order valence-electron chi connectivity index (χ4n) is 8.55. The molecule has 0 nitrogen and oxygen atoms in total. The van der Waals surface area contributed by atoms with Crippen LogP contribution in [0.1, 0.15) is 84.9 Å². The number of rotatable bonds is 9. The first-order valence-corrected chi connectivity index (χ1v) is 19.7.